The average Bonchev–Trinajstić information content (AvgIpc) is 2.86. The fraction of sp³-hybridized carbons (Fsp3) is 0.267. The lowest BCUT2D eigenvalue weighted by molar-refractivity contribution is 0.103. The van der Waals surface area contributed by atoms with E-state index in [1.807, 2.05) is 6.07 Å². The van der Waals surface area contributed by atoms with E-state index in [2.05, 4.69) is 21.2 Å². The summed E-state index contributed by atoms with van der Waals surface area (Å²) in [5, 5.41) is 2.93. The minimum atomic E-state index is -0.448. The Balaban J connectivity index is 1.85. The number of benzene rings is 1. The van der Waals surface area contributed by atoms with E-state index < -0.39 is 5.82 Å². The van der Waals surface area contributed by atoms with Crippen LogP contribution in [0.25, 0.3) is 0 Å². The first kappa shape index (κ1) is 15.0. The molecule has 3 rings (SSSR count). The number of hydrogen-bond donors (Lipinski definition) is 1. The van der Waals surface area contributed by atoms with Crippen molar-refractivity contribution in [1.82, 2.24) is 0 Å². The summed E-state index contributed by atoms with van der Waals surface area (Å²) in [4.78, 5) is 14.3. The number of nitrogens with one attached hydrogen (secondary N) is 1. The van der Waals surface area contributed by atoms with Gasteiger partial charge in [0.2, 0.25) is 0 Å². The Morgan fingerprint density at radius 3 is 2.76 bits per heavy atom. The number of fused-ring (bicyclic) bond motifs is 1. The number of amides is 1. The molecule has 0 atom stereocenters. The van der Waals surface area contributed by atoms with Crippen LogP contribution in [0, 0.1) is 5.82 Å². The average molecular weight is 389 g/mol. The largest absolute Gasteiger partial charge is 0.319 e. The Kier molecular flexibility index (Phi) is 4.33. The van der Waals surface area contributed by atoms with Gasteiger partial charge in [0.1, 0.15) is 5.82 Å². The van der Waals surface area contributed by atoms with Crippen LogP contribution in [0.15, 0.2) is 22.7 Å². The van der Waals surface area contributed by atoms with Crippen molar-refractivity contribution in [3.05, 3.63) is 48.8 Å². The molecule has 1 aliphatic carbocycles. The van der Waals surface area contributed by atoms with Crippen molar-refractivity contribution in [3.63, 3.8) is 0 Å². The molecule has 1 aliphatic rings. The Morgan fingerprint density at radius 2 is 2.05 bits per heavy atom. The maximum absolute atomic E-state index is 13.2. The molecule has 1 amide bonds. The molecular formula is C15H12BrClFNOS. The first-order chi connectivity index (χ1) is 10.0. The van der Waals surface area contributed by atoms with Crippen molar-refractivity contribution in [3.8, 4) is 0 Å². The Hall–Kier alpha value is -0.910. The number of carbonyl (C=O) groups is 1. The lowest BCUT2D eigenvalue weighted by Crippen LogP contribution is -2.11. The number of carbonyl (C=O) groups excluding carboxylic acids is 1. The van der Waals surface area contributed by atoms with Crippen LogP contribution < -0.4 is 5.32 Å². The molecule has 1 aromatic heterocycles. The van der Waals surface area contributed by atoms with Crippen molar-refractivity contribution in [2.75, 3.05) is 5.32 Å². The topological polar surface area (TPSA) is 29.1 Å². The number of halogens is 3. The normalized spacial score (nSPS) is 13.9. The van der Waals surface area contributed by atoms with E-state index in [0.717, 1.165) is 12.8 Å². The molecule has 1 aromatic carbocycles. The van der Waals surface area contributed by atoms with E-state index in [-0.39, 0.29) is 10.9 Å². The van der Waals surface area contributed by atoms with Gasteiger partial charge in [-0.05, 0) is 65.4 Å². The van der Waals surface area contributed by atoms with Crippen LogP contribution in [0.4, 0.5) is 10.1 Å². The summed E-state index contributed by atoms with van der Waals surface area (Å²) in [7, 11) is 0. The summed E-state index contributed by atoms with van der Waals surface area (Å²) in [5.74, 6) is -0.653. The van der Waals surface area contributed by atoms with Gasteiger partial charge in [0, 0.05) is 9.35 Å². The molecule has 6 heteroatoms. The van der Waals surface area contributed by atoms with Gasteiger partial charge in [-0.25, -0.2) is 4.39 Å². The molecule has 0 fully saturated rings. The molecule has 110 valence electrons. The number of rotatable bonds is 2. The second kappa shape index (κ2) is 6.07. The number of thiophene rings is 1. The van der Waals surface area contributed by atoms with E-state index in [4.69, 9.17) is 11.6 Å². The number of aryl methyl sites for hydroxylation is 2. The van der Waals surface area contributed by atoms with Crippen LogP contribution in [0.1, 0.15) is 33.0 Å². The molecule has 0 radical (unpaired) electrons. The minimum Gasteiger partial charge on any atom is -0.319 e. The van der Waals surface area contributed by atoms with Crippen molar-refractivity contribution in [1.29, 1.82) is 0 Å². The predicted molar refractivity (Wildman–Crippen MR) is 88.0 cm³/mol. The van der Waals surface area contributed by atoms with Gasteiger partial charge in [0.05, 0.1) is 15.6 Å². The molecule has 0 saturated heterocycles. The van der Waals surface area contributed by atoms with Crippen molar-refractivity contribution in [2.24, 2.45) is 0 Å². The molecule has 0 spiro atoms. The SMILES string of the molecule is O=C(Nc1c(Cl)cc(F)cc1Br)c1cc2c(s1)CCCC2. The monoisotopic (exact) mass is 387 g/mol. The lowest BCUT2D eigenvalue weighted by Gasteiger charge is -2.08. The molecular weight excluding hydrogens is 377 g/mol. The van der Waals surface area contributed by atoms with Gasteiger partial charge in [-0.15, -0.1) is 11.3 Å². The van der Waals surface area contributed by atoms with Crippen molar-refractivity contribution < 1.29 is 9.18 Å². The Morgan fingerprint density at radius 1 is 1.29 bits per heavy atom. The van der Waals surface area contributed by atoms with Gasteiger partial charge >= 0.3 is 0 Å². The molecule has 0 bridgehead atoms. The molecule has 1 heterocycles. The van der Waals surface area contributed by atoms with Gasteiger partial charge < -0.3 is 5.32 Å². The third kappa shape index (κ3) is 3.15. The number of hydrogen-bond acceptors (Lipinski definition) is 2. The summed E-state index contributed by atoms with van der Waals surface area (Å²) in [5.41, 5.74) is 1.68. The second-order valence-electron chi connectivity index (χ2n) is 4.96. The zero-order chi connectivity index (χ0) is 15.0. The molecule has 2 nitrogen and oxygen atoms in total. The summed E-state index contributed by atoms with van der Waals surface area (Å²) in [6.45, 7) is 0. The zero-order valence-electron chi connectivity index (χ0n) is 11.0. The van der Waals surface area contributed by atoms with E-state index in [1.165, 1.54) is 46.8 Å². The molecule has 21 heavy (non-hydrogen) atoms. The summed E-state index contributed by atoms with van der Waals surface area (Å²) in [6.07, 6.45) is 4.46. The fourth-order valence-electron chi connectivity index (χ4n) is 2.44. The van der Waals surface area contributed by atoms with Gasteiger partial charge in [0.15, 0.2) is 0 Å². The van der Waals surface area contributed by atoms with E-state index in [0.29, 0.717) is 15.0 Å². The van der Waals surface area contributed by atoms with Crippen LogP contribution in [0.3, 0.4) is 0 Å². The number of anilines is 1. The minimum absolute atomic E-state index is 0.177. The van der Waals surface area contributed by atoms with Crippen LogP contribution in [0.2, 0.25) is 5.02 Å². The second-order valence-corrected chi connectivity index (χ2v) is 7.36. The Labute approximate surface area is 139 Å². The highest BCUT2D eigenvalue weighted by atomic mass is 79.9. The zero-order valence-corrected chi connectivity index (χ0v) is 14.2. The van der Waals surface area contributed by atoms with Crippen molar-refractivity contribution in [2.45, 2.75) is 25.7 Å². The lowest BCUT2D eigenvalue weighted by atomic mass is 9.99. The smallest absolute Gasteiger partial charge is 0.265 e. The first-order valence-corrected chi connectivity index (χ1v) is 8.61. The van der Waals surface area contributed by atoms with Gasteiger partial charge in [-0.1, -0.05) is 11.6 Å². The van der Waals surface area contributed by atoms with Gasteiger partial charge in [-0.2, -0.15) is 0 Å². The van der Waals surface area contributed by atoms with Crippen LogP contribution in [-0.4, -0.2) is 5.91 Å². The molecule has 2 aromatic rings. The standard InChI is InChI=1S/C15H12BrClFNOS/c16-10-6-9(18)7-11(17)14(10)19-15(20)13-5-8-3-1-2-4-12(8)21-13/h5-7H,1-4H2,(H,19,20). The van der Waals surface area contributed by atoms with Gasteiger partial charge in [-0.3, -0.25) is 4.79 Å². The summed E-state index contributed by atoms with van der Waals surface area (Å²) < 4.78 is 13.6. The molecule has 0 aliphatic heterocycles. The first-order valence-electron chi connectivity index (χ1n) is 6.62. The van der Waals surface area contributed by atoms with Crippen molar-refractivity contribution >= 4 is 50.5 Å². The predicted octanol–water partition coefficient (Wildman–Crippen LogP) is 5.43. The fourth-order valence-corrected chi connectivity index (χ4v) is 4.49. The van der Waals surface area contributed by atoms with E-state index in [1.54, 1.807) is 0 Å². The van der Waals surface area contributed by atoms with E-state index >= 15 is 0 Å². The molecule has 0 saturated carbocycles. The third-order valence-electron chi connectivity index (χ3n) is 3.47. The van der Waals surface area contributed by atoms with Crippen LogP contribution in [0.5, 0.6) is 0 Å². The van der Waals surface area contributed by atoms with Gasteiger partial charge in [0.25, 0.3) is 5.91 Å². The third-order valence-corrected chi connectivity index (χ3v) is 5.63. The van der Waals surface area contributed by atoms with Crippen LogP contribution >= 0.6 is 38.9 Å². The quantitative estimate of drug-likeness (QED) is 0.730. The molecule has 0 unspecified atom stereocenters. The summed E-state index contributed by atoms with van der Waals surface area (Å²) >= 11 is 10.7. The highest BCUT2D eigenvalue weighted by Crippen LogP contribution is 2.34. The van der Waals surface area contributed by atoms with E-state index in [9.17, 15) is 9.18 Å². The maximum Gasteiger partial charge on any atom is 0.265 e. The highest BCUT2D eigenvalue weighted by Gasteiger charge is 2.19. The maximum atomic E-state index is 13.2. The Bertz CT molecular complexity index is 669. The molecule has 1 N–H and O–H groups in total. The summed E-state index contributed by atoms with van der Waals surface area (Å²) in [6, 6.07) is 4.42. The highest BCUT2D eigenvalue weighted by molar-refractivity contribution is 9.10. The van der Waals surface area contributed by atoms with Crippen LogP contribution in [-0.2, 0) is 12.8 Å².